The molecule has 2 aliphatic heterocycles. The first-order chi connectivity index (χ1) is 15.3. The average molecular weight is 470 g/mol. The molecule has 0 aromatic heterocycles. The lowest BCUT2D eigenvalue weighted by Crippen LogP contribution is -2.56. The van der Waals surface area contributed by atoms with Crippen molar-refractivity contribution in [3.05, 3.63) is 12.2 Å². The van der Waals surface area contributed by atoms with Crippen molar-refractivity contribution in [3.8, 4) is 0 Å². The molecule has 0 saturated carbocycles. The molecule has 0 unspecified atom stereocenters. The van der Waals surface area contributed by atoms with Gasteiger partial charge >= 0.3 is 5.97 Å². The van der Waals surface area contributed by atoms with E-state index >= 15 is 0 Å². The molecular weight excluding hydrogens is 426 g/mol. The summed E-state index contributed by atoms with van der Waals surface area (Å²) in [5.74, 6) is -1.81. The number of allylic oxidation sites excluding steroid dienone is 1. The van der Waals surface area contributed by atoms with E-state index in [0.29, 0.717) is 19.3 Å². The minimum atomic E-state index is -1.47. The second-order valence-corrected chi connectivity index (χ2v) is 10.4. The van der Waals surface area contributed by atoms with Crippen LogP contribution in [0.15, 0.2) is 12.2 Å². The van der Waals surface area contributed by atoms with Crippen LogP contribution < -0.4 is 0 Å². The number of ether oxygens (including phenoxy) is 3. The zero-order valence-corrected chi connectivity index (χ0v) is 21.4. The highest BCUT2D eigenvalue weighted by Gasteiger charge is 2.43. The van der Waals surface area contributed by atoms with Crippen molar-refractivity contribution in [2.75, 3.05) is 14.1 Å². The summed E-state index contributed by atoms with van der Waals surface area (Å²) in [6, 6.07) is -0.146. The molecule has 2 aliphatic rings. The molecule has 0 amide bonds. The minimum absolute atomic E-state index is 0.106. The first kappa shape index (κ1) is 27.9. The van der Waals surface area contributed by atoms with E-state index in [1.54, 1.807) is 6.92 Å². The molecule has 8 nitrogen and oxygen atoms in total. The van der Waals surface area contributed by atoms with Crippen molar-refractivity contribution >= 4 is 11.8 Å². The third-order valence-electron chi connectivity index (χ3n) is 7.07. The third-order valence-corrected chi connectivity index (χ3v) is 7.07. The average Bonchev–Trinajstić information content (AvgIpc) is 2.74. The van der Waals surface area contributed by atoms with Gasteiger partial charge in [0.2, 0.25) is 0 Å². The maximum atomic E-state index is 13.1. The quantitative estimate of drug-likeness (QED) is 0.605. The molecule has 10 atom stereocenters. The van der Waals surface area contributed by atoms with Crippen LogP contribution in [0.25, 0.3) is 0 Å². The first-order valence-corrected chi connectivity index (χ1v) is 12.1. The van der Waals surface area contributed by atoms with Crippen LogP contribution in [0.4, 0.5) is 0 Å². The van der Waals surface area contributed by atoms with Crippen molar-refractivity contribution < 1.29 is 34.0 Å². The maximum absolute atomic E-state index is 13.1. The molecule has 0 aliphatic carbocycles. The predicted molar refractivity (Wildman–Crippen MR) is 124 cm³/mol. The monoisotopic (exact) mass is 469 g/mol. The molecule has 0 bridgehead atoms. The van der Waals surface area contributed by atoms with Crippen LogP contribution in [0.5, 0.6) is 0 Å². The Hall–Kier alpha value is -1.32. The van der Waals surface area contributed by atoms with Crippen LogP contribution in [0.1, 0.15) is 60.8 Å². The Morgan fingerprint density at radius 3 is 2.39 bits per heavy atom. The number of hydrogen-bond donors (Lipinski definition) is 2. The summed E-state index contributed by atoms with van der Waals surface area (Å²) in [7, 11) is 3.80. The van der Waals surface area contributed by atoms with Gasteiger partial charge in [0.25, 0.3) is 0 Å². The normalized spacial score (nSPS) is 44.6. The summed E-state index contributed by atoms with van der Waals surface area (Å²) in [5, 5.41) is 21.8. The van der Waals surface area contributed by atoms with E-state index in [0.717, 1.165) is 0 Å². The summed E-state index contributed by atoms with van der Waals surface area (Å²) in [4.78, 5) is 27.8. The van der Waals surface area contributed by atoms with Gasteiger partial charge in [0, 0.05) is 12.0 Å². The lowest BCUT2D eigenvalue weighted by Gasteiger charge is -2.43. The van der Waals surface area contributed by atoms with Crippen LogP contribution in [0.3, 0.4) is 0 Å². The Labute approximate surface area is 198 Å². The molecule has 2 rings (SSSR count). The number of esters is 1. The van der Waals surface area contributed by atoms with Crippen LogP contribution in [0, 0.1) is 17.8 Å². The summed E-state index contributed by atoms with van der Waals surface area (Å²) in [6.07, 6.45) is 0.943. The molecule has 1 fully saturated rings. The number of likely N-dealkylation sites (N-methyl/N-ethyl adjacent to an activating group) is 1. The van der Waals surface area contributed by atoms with E-state index in [2.05, 4.69) is 0 Å². The van der Waals surface area contributed by atoms with E-state index in [-0.39, 0.29) is 29.8 Å². The Kier molecular flexibility index (Phi) is 9.65. The highest BCUT2D eigenvalue weighted by atomic mass is 16.7. The molecule has 2 heterocycles. The van der Waals surface area contributed by atoms with Crippen molar-refractivity contribution in [1.29, 1.82) is 0 Å². The fourth-order valence-corrected chi connectivity index (χ4v) is 4.88. The Bertz CT molecular complexity index is 707. The van der Waals surface area contributed by atoms with Crippen LogP contribution in [0.2, 0.25) is 0 Å². The highest BCUT2D eigenvalue weighted by molar-refractivity contribution is 5.91. The van der Waals surface area contributed by atoms with Gasteiger partial charge in [0.1, 0.15) is 17.8 Å². The van der Waals surface area contributed by atoms with E-state index in [1.165, 1.54) is 19.1 Å². The SMILES string of the molecule is CC[C@H]1OC(=O)[C@H](C)[C@@H](O[C@@H]2O[C@H](C)C[C@H](N(C)C)[C@H]2O)[C@@H](C)C[C@@H](C)C(=O)/C=C\[C@]1(C)O. The van der Waals surface area contributed by atoms with Crippen molar-refractivity contribution in [1.82, 2.24) is 4.90 Å². The molecule has 1 saturated heterocycles. The minimum Gasteiger partial charge on any atom is -0.459 e. The van der Waals surface area contributed by atoms with Crippen molar-refractivity contribution in [2.45, 2.75) is 103 Å². The molecule has 0 aromatic rings. The fraction of sp³-hybridized carbons (Fsp3) is 0.840. The lowest BCUT2D eigenvalue weighted by molar-refractivity contribution is -0.279. The molecule has 0 radical (unpaired) electrons. The largest absolute Gasteiger partial charge is 0.459 e. The van der Waals surface area contributed by atoms with Crippen LogP contribution >= 0.6 is 0 Å². The number of carbonyl (C=O) groups is 2. The molecule has 0 spiro atoms. The summed E-state index contributed by atoms with van der Waals surface area (Å²) in [5.41, 5.74) is -1.47. The van der Waals surface area contributed by atoms with E-state index in [1.807, 2.05) is 46.7 Å². The van der Waals surface area contributed by atoms with E-state index in [9.17, 15) is 19.8 Å². The zero-order chi connectivity index (χ0) is 25.1. The number of cyclic esters (lactones) is 1. The van der Waals surface area contributed by atoms with Gasteiger partial charge in [-0.05, 0) is 72.2 Å². The van der Waals surface area contributed by atoms with Crippen molar-refractivity contribution in [3.63, 3.8) is 0 Å². The second-order valence-electron chi connectivity index (χ2n) is 10.4. The predicted octanol–water partition coefficient (Wildman–Crippen LogP) is 2.31. The lowest BCUT2D eigenvalue weighted by atomic mass is 9.84. The van der Waals surface area contributed by atoms with Gasteiger partial charge in [0.05, 0.1) is 18.1 Å². The summed E-state index contributed by atoms with van der Waals surface area (Å²) < 4.78 is 17.9. The van der Waals surface area contributed by atoms with E-state index < -0.39 is 42.1 Å². The van der Waals surface area contributed by atoms with Gasteiger partial charge in [-0.2, -0.15) is 0 Å². The summed E-state index contributed by atoms with van der Waals surface area (Å²) in [6.45, 7) is 10.8. The fourth-order valence-electron chi connectivity index (χ4n) is 4.88. The summed E-state index contributed by atoms with van der Waals surface area (Å²) >= 11 is 0. The van der Waals surface area contributed by atoms with Gasteiger partial charge in [-0.15, -0.1) is 0 Å². The number of nitrogens with zero attached hydrogens (tertiary/aromatic N) is 1. The number of rotatable bonds is 4. The standard InChI is InChI=1S/C25H43NO7/c1-9-20-25(6,30)11-10-19(27)14(2)12-15(3)22(17(5)23(29)32-20)33-24-21(28)18(26(7)8)13-16(4)31-24/h10-11,14-18,20-22,24,28,30H,9,12-13H2,1-8H3/b11-10-/t14-,15+,16-,17-,18+,20-,21-,22+,24+,25+/m1/s1. The smallest absolute Gasteiger partial charge is 0.311 e. The topological polar surface area (TPSA) is 106 Å². The van der Waals surface area contributed by atoms with Crippen LogP contribution in [-0.2, 0) is 23.8 Å². The second kappa shape index (κ2) is 11.4. The Balaban J connectivity index is 2.36. The van der Waals surface area contributed by atoms with Gasteiger partial charge < -0.3 is 29.3 Å². The van der Waals surface area contributed by atoms with Crippen molar-refractivity contribution in [2.24, 2.45) is 17.8 Å². The molecular formula is C25H43NO7. The third kappa shape index (κ3) is 6.85. The van der Waals surface area contributed by atoms with Gasteiger partial charge in [-0.25, -0.2) is 0 Å². The maximum Gasteiger partial charge on any atom is 0.311 e. The number of aliphatic hydroxyl groups excluding tert-OH is 1. The number of carbonyl (C=O) groups excluding carboxylic acids is 2. The Morgan fingerprint density at radius 2 is 1.82 bits per heavy atom. The number of hydrogen-bond acceptors (Lipinski definition) is 8. The van der Waals surface area contributed by atoms with E-state index in [4.69, 9.17) is 14.2 Å². The van der Waals surface area contributed by atoms with Gasteiger partial charge in [-0.3, -0.25) is 9.59 Å². The first-order valence-electron chi connectivity index (χ1n) is 12.1. The molecule has 33 heavy (non-hydrogen) atoms. The molecule has 2 N–H and O–H groups in total. The number of ketones is 1. The molecule has 8 heteroatoms. The van der Waals surface area contributed by atoms with Crippen LogP contribution in [-0.4, -0.2) is 83.3 Å². The Morgan fingerprint density at radius 1 is 1.18 bits per heavy atom. The molecule has 0 aromatic carbocycles. The zero-order valence-electron chi connectivity index (χ0n) is 21.4. The van der Waals surface area contributed by atoms with Gasteiger partial charge in [-0.1, -0.05) is 20.8 Å². The highest BCUT2D eigenvalue weighted by Crippen LogP contribution is 2.32. The number of aliphatic hydroxyl groups is 2. The van der Waals surface area contributed by atoms with Gasteiger partial charge in [0.15, 0.2) is 12.1 Å². The molecule has 190 valence electrons.